The molecule has 0 fully saturated rings. The van der Waals surface area contributed by atoms with Gasteiger partial charge in [-0.3, -0.25) is 0 Å². The molecule has 3 unspecified atom stereocenters. The van der Waals surface area contributed by atoms with Gasteiger partial charge in [0.1, 0.15) is 12.8 Å². The van der Waals surface area contributed by atoms with Crippen LogP contribution in [-0.4, -0.2) is 17.3 Å². The number of nitrogens with zero attached hydrogens (tertiary/aromatic N) is 2. The molecular weight excluding hydrogens is 328 g/mol. The van der Waals surface area contributed by atoms with E-state index in [1.807, 2.05) is 6.08 Å². The smallest absolute Gasteiger partial charge is 0.226 e. The summed E-state index contributed by atoms with van der Waals surface area (Å²) in [4.78, 5) is 0. The fourth-order valence-corrected chi connectivity index (χ4v) is 4.22. The Morgan fingerprint density at radius 2 is 1.96 bits per heavy atom. The molecule has 1 aromatic heterocycles. The van der Waals surface area contributed by atoms with Crippen molar-refractivity contribution >= 4 is 6.21 Å². The van der Waals surface area contributed by atoms with Crippen molar-refractivity contribution in [3.8, 4) is 11.3 Å². The summed E-state index contributed by atoms with van der Waals surface area (Å²) in [7, 11) is 0. The third-order valence-electron chi connectivity index (χ3n) is 5.80. The van der Waals surface area contributed by atoms with Crippen LogP contribution in [0.1, 0.15) is 51.8 Å². The second-order valence-electron chi connectivity index (χ2n) is 7.58. The monoisotopic (exact) mass is 360 g/mol. The third kappa shape index (κ3) is 3.66. The van der Waals surface area contributed by atoms with Gasteiger partial charge in [-0.05, 0) is 25.5 Å². The predicted octanol–water partition coefficient (Wildman–Crippen LogP) is 5.52. The Morgan fingerprint density at radius 3 is 2.67 bits per heavy atom. The first-order chi connectivity index (χ1) is 13.1. The first-order valence-corrected chi connectivity index (χ1v) is 10.1. The molecule has 3 rings (SSSR count). The minimum atomic E-state index is 0.245. The lowest BCUT2D eigenvalue weighted by molar-refractivity contribution is -0.753. The summed E-state index contributed by atoms with van der Waals surface area (Å²) in [5, 5.41) is 0. The number of benzene rings is 1. The average Bonchev–Trinajstić information content (AvgIpc) is 2.71. The highest BCUT2D eigenvalue weighted by Crippen LogP contribution is 2.41. The van der Waals surface area contributed by atoms with E-state index in [4.69, 9.17) is 0 Å². The molecule has 0 amide bonds. The molecule has 0 radical (unpaired) electrons. The fourth-order valence-electron chi connectivity index (χ4n) is 4.22. The van der Waals surface area contributed by atoms with Gasteiger partial charge < -0.3 is 0 Å². The Bertz CT molecular complexity index is 875. The van der Waals surface area contributed by atoms with Gasteiger partial charge in [-0.1, -0.05) is 50.8 Å². The lowest BCUT2D eigenvalue weighted by Crippen LogP contribution is -2.51. The van der Waals surface area contributed by atoms with Crippen LogP contribution in [-0.2, 0) is 0 Å². The second-order valence-corrected chi connectivity index (χ2v) is 7.58. The summed E-state index contributed by atoms with van der Waals surface area (Å²) in [5.74, 6) is 0.653. The molecule has 2 heterocycles. The van der Waals surface area contributed by atoms with Crippen LogP contribution in [0.4, 0.5) is 0 Å². The molecule has 2 nitrogen and oxygen atoms in total. The Balaban J connectivity index is 2.25. The summed E-state index contributed by atoms with van der Waals surface area (Å²) in [6.45, 7) is 14.0. The van der Waals surface area contributed by atoms with Gasteiger partial charge in [0, 0.05) is 36.1 Å². The van der Waals surface area contributed by atoms with Gasteiger partial charge in [0.25, 0.3) is 0 Å². The molecule has 2 aromatic rings. The van der Waals surface area contributed by atoms with Crippen molar-refractivity contribution in [2.45, 2.75) is 46.2 Å². The zero-order valence-corrected chi connectivity index (χ0v) is 17.1. The molecule has 0 N–H and O–H groups in total. The molecule has 0 spiro atoms. The Hall–Kier alpha value is -2.48. The Kier molecular flexibility index (Phi) is 6.05. The molecule has 1 aliphatic heterocycles. The van der Waals surface area contributed by atoms with Crippen LogP contribution in [0.15, 0.2) is 73.0 Å². The second kappa shape index (κ2) is 8.47. The number of rotatable bonds is 6. The predicted molar refractivity (Wildman–Crippen MR) is 114 cm³/mol. The summed E-state index contributed by atoms with van der Waals surface area (Å²) in [6, 6.07) is 15.9. The summed E-state index contributed by atoms with van der Waals surface area (Å²) >= 11 is 0. The van der Waals surface area contributed by atoms with E-state index < -0.39 is 0 Å². The van der Waals surface area contributed by atoms with Crippen LogP contribution >= 0.6 is 0 Å². The first kappa shape index (κ1) is 19.3. The zero-order valence-electron chi connectivity index (χ0n) is 17.1. The maximum absolute atomic E-state index is 3.94. The van der Waals surface area contributed by atoms with E-state index in [1.165, 1.54) is 28.8 Å². The topological polar surface area (TPSA) is 6.89 Å². The van der Waals surface area contributed by atoms with Gasteiger partial charge in [0.05, 0.1) is 5.56 Å². The number of hydrogen-bond acceptors (Lipinski definition) is 0. The van der Waals surface area contributed by atoms with E-state index in [0.717, 1.165) is 6.54 Å². The molecule has 1 aliphatic rings. The van der Waals surface area contributed by atoms with Gasteiger partial charge in [0.15, 0.2) is 6.20 Å². The van der Waals surface area contributed by atoms with E-state index >= 15 is 0 Å². The number of pyridine rings is 1. The van der Waals surface area contributed by atoms with E-state index in [0.29, 0.717) is 5.92 Å². The van der Waals surface area contributed by atoms with Gasteiger partial charge in [-0.15, -0.1) is 0 Å². The fraction of sp³-hybridized carbons (Fsp3) is 0.360. The van der Waals surface area contributed by atoms with Gasteiger partial charge >= 0.3 is 0 Å². The van der Waals surface area contributed by atoms with Crippen LogP contribution < -0.4 is 4.57 Å². The Labute approximate surface area is 164 Å². The highest BCUT2D eigenvalue weighted by atomic mass is 15.1. The van der Waals surface area contributed by atoms with Crippen molar-refractivity contribution in [1.29, 1.82) is 0 Å². The van der Waals surface area contributed by atoms with E-state index in [-0.39, 0.29) is 12.1 Å². The molecule has 0 saturated heterocycles. The molecule has 0 saturated carbocycles. The Morgan fingerprint density at radius 1 is 1.22 bits per heavy atom. The van der Waals surface area contributed by atoms with Gasteiger partial charge in [-0.2, -0.15) is 4.57 Å². The summed E-state index contributed by atoms with van der Waals surface area (Å²) in [6.07, 6.45) is 9.75. The lowest BCUT2D eigenvalue weighted by Gasteiger charge is -2.29. The molecule has 0 bridgehead atoms. The van der Waals surface area contributed by atoms with Crippen LogP contribution in [0, 0.1) is 5.92 Å². The largest absolute Gasteiger partial charge is 0.245 e. The quantitative estimate of drug-likeness (QED) is 0.364. The first-order valence-electron chi connectivity index (χ1n) is 10.1. The maximum Gasteiger partial charge on any atom is 0.245 e. The van der Waals surface area contributed by atoms with Gasteiger partial charge in [0.2, 0.25) is 17.8 Å². The van der Waals surface area contributed by atoms with E-state index in [1.54, 1.807) is 0 Å². The van der Waals surface area contributed by atoms with Crippen molar-refractivity contribution in [2.24, 2.45) is 5.92 Å². The number of aromatic nitrogens is 1. The van der Waals surface area contributed by atoms with Crippen LogP contribution in [0.25, 0.3) is 11.3 Å². The summed E-state index contributed by atoms with van der Waals surface area (Å²) < 4.78 is 4.98. The number of fused-ring (bicyclic) bond motifs is 3. The number of allylic oxidation sites excluding steroid dienone is 2. The highest BCUT2D eigenvalue weighted by Gasteiger charge is 2.47. The van der Waals surface area contributed by atoms with Gasteiger partial charge in [-0.25, -0.2) is 4.58 Å². The standard InChI is InChI=1S/C25H32N2/c1-6-13-20(5)24-25(26(8-3)18-19(4)7-2)22-15-10-9-14-21(22)23-16-11-12-17-27(23)24/h6,8-17,19,24-25H,1,7,18H2,2-5H3/q+2/b20-13+,26-8+. The molecule has 0 aliphatic carbocycles. The SMILES string of the molecule is C=C/C=C(\C)C1C(/[N+](=C/C)CC(C)CC)c2ccccc2-c2cccc[n+]21. The van der Waals surface area contributed by atoms with Crippen molar-refractivity contribution < 1.29 is 9.14 Å². The van der Waals surface area contributed by atoms with Crippen LogP contribution in [0.3, 0.4) is 0 Å². The molecule has 1 aromatic carbocycles. The normalized spacial score (nSPS) is 20.6. The van der Waals surface area contributed by atoms with Crippen LogP contribution in [0.5, 0.6) is 0 Å². The van der Waals surface area contributed by atoms with E-state index in [2.05, 4.69) is 104 Å². The van der Waals surface area contributed by atoms with Crippen molar-refractivity contribution in [3.05, 3.63) is 78.5 Å². The van der Waals surface area contributed by atoms with Crippen molar-refractivity contribution in [1.82, 2.24) is 0 Å². The molecule has 140 valence electrons. The lowest BCUT2D eigenvalue weighted by atomic mass is 9.84. The number of hydrogen-bond donors (Lipinski definition) is 0. The maximum atomic E-state index is 3.94. The average molecular weight is 361 g/mol. The molecule has 27 heavy (non-hydrogen) atoms. The molecule has 2 heteroatoms. The van der Waals surface area contributed by atoms with E-state index in [9.17, 15) is 0 Å². The molecule has 3 atom stereocenters. The molecular formula is C25H32N2+2. The summed E-state index contributed by atoms with van der Waals surface area (Å²) in [5.41, 5.74) is 5.36. The minimum absolute atomic E-state index is 0.245. The highest BCUT2D eigenvalue weighted by molar-refractivity contribution is 5.63. The zero-order chi connectivity index (χ0) is 19.4. The van der Waals surface area contributed by atoms with Crippen LogP contribution in [0.2, 0.25) is 0 Å². The van der Waals surface area contributed by atoms with Crippen molar-refractivity contribution in [2.75, 3.05) is 6.54 Å². The van der Waals surface area contributed by atoms with Crippen molar-refractivity contribution in [3.63, 3.8) is 0 Å². The minimum Gasteiger partial charge on any atom is -0.226 e. The third-order valence-corrected chi connectivity index (χ3v) is 5.80.